The number of anilines is 1. The van der Waals surface area contributed by atoms with Crippen LogP contribution in [0.25, 0.3) is 0 Å². The van der Waals surface area contributed by atoms with Crippen LogP contribution in [0.2, 0.25) is 0 Å². The minimum atomic E-state index is -0.211. The SMILES string of the molecule is Cn1ccnc1CN1CCC[C@]2(C[C@@H](Nc3cccc(F)c3)CO2)C1. The second-order valence-corrected chi connectivity index (χ2v) is 7.32. The number of nitrogens with zero attached hydrogens (tertiary/aromatic N) is 3. The van der Waals surface area contributed by atoms with Crippen LogP contribution >= 0.6 is 0 Å². The molecule has 2 aliphatic heterocycles. The van der Waals surface area contributed by atoms with Gasteiger partial charge in [0.25, 0.3) is 0 Å². The quantitative estimate of drug-likeness (QED) is 0.926. The van der Waals surface area contributed by atoms with Gasteiger partial charge in [0, 0.05) is 31.7 Å². The molecule has 0 bridgehead atoms. The smallest absolute Gasteiger partial charge is 0.125 e. The van der Waals surface area contributed by atoms with Crippen LogP contribution < -0.4 is 5.32 Å². The van der Waals surface area contributed by atoms with Crippen molar-refractivity contribution in [2.45, 2.75) is 37.5 Å². The molecule has 1 spiro atoms. The van der Waals surface area contributed by atoms with Crippen molar-refractivity contribution in [2.24, 2.45) is 7.05 Å². The number of rotatable bonds is 4. The Labute approximate surface area is 147 Å². The highest BCUT2D eigenvalue weighted by molar-refractivity contribution is 5.44. The zero-order valence-electron chi connectivity index (χ0n) is 14.6. The van der Waals surface area contributed by atoms with Crippen molar-refractivity contribution in [3.05, 3.63) is 48.3 Å². The monoisotopic (exact) mass is 344 g/mol. The summed E-state index contributed by atoms with van der Waals surface area (Å²) in [6.45, 7) is 3.55. The van der Waals surface area contributed by atoms with Gasteiger partial charge in [-0.05, 0) is 44.0 Å². The third kappa shape index (κ3) is 3.70. The second-order valence-electron chi connectivity index (χ2n) is 7.32. The van der Waals surface area contributed by atoms with E-state index in [0.717, 1.165) is 50.4 Å². The molecule has 2 aliphatic rings. The highest BCUT2D eigenvalue weighted by atomic mass is 19.1. The van der Waals surface area contributed by atoms with Crippen LogP contribution in [0.5, 0.6) is 0 Å². The summed E-state index contributed by atoms with van der Waals surface area (Å²) in [7, 11) is 2.03. The molecule has 0 unspecified atom stereocenters. The van der Waals surface area contributed by atoms with Crippen LogP contribution in [0.3, 0.4) is 0 Å². The molecule has 5 nitrogen and oxygen atoms in total. The molecule has 2 fully saturated rings. The summed E-state index contributed by atoms with van der Waals surface area (Å²) in [6.07, 6.45) is 7.02. The van der Waals surface area contributed by atoms with Crippen LogP contribution in [0, 0.1) is 5.82 Å². The number of piperidine rings is 1. The Morgan fingerprint density at radius 3 is 3.16 bits per heavy atom. The Hall–Kier alpha value is -1.92. The van der Waals surface area contributed by atoms with Crippen molar-refractivity contribution < 1.29 is 9.13 Å². The Morgan fingerprint density at radius 1 is 1.44 bits per heavy atom. The van der Waals surface area contributed by atoms with Gasteiger partial charge in [0.15, 0.2) is 0 Å². The van der Waals surface area contributed by atoms with Crippen molar-refractivity contribution >= 4 is 5.69 Å². The number of imidazole rings is 1. The molecule has 2 aromatic rings. The molecule has 134 valence electrons. The molecule has 0 saturated carbocycles. The highest BCUT2D eigenvalue weighted by Crippen LogP contribution is 2.36. The first kappa shape index (κ1) is 16.5. The van der Waals surface area contributed by atoms with E-state index in [-0.39, 0.29) is 17.5 Å². The number of likely N-dealkylation sites (tertiary alicyclic amines) is 1. The van der Waals surface area contributed by atoms with Crippen molar-refractivity contribution in [3.8, 4) is 0 Å². The number of nitrogens with one attached hydrogen (secondary N) is 1. The van der Waals surface area contributed by atoms with E-state index >= 15 is 0 Å². The molecule has 25 heavy (non-hydrogen) atoms. The van der Waals surface area contributed by atoms with Crippen LogP contribution in [0.4, 0.5) is 10.1 Å². The van der Waals surface area contributed by atoms with Crippen LogP contribution in [-0.2, 0) is 18.3 Å². The van der Waals surface area contributed by atoms with Crippen molar-refractivity contribution in [2.75, 3.05) is 25.0 Å². The molecule has 4 rings (SSSR count). The molecule has 0 amide bonds. The molecular formula is C19H25FN4O. The summed E-state index contributed by atoms with van der Waals surface area (Å²) < 4.78 is 21.7. The first-order valence-corrected chi connectivity index (χ1v) is 8.97. The molecular weight excluding hydrogens is 319 g/mol. The second kappa shape index (κ2) is 6.77. The maximum Gasteiger partial charge on any atom is 0.125 e. The van der Waals surface area contributed by atoms with Gasteiger partial charge in [-0.25, -0.2) is 9.37 Å². The van der Waals surface area contributed by atoms with E-state index in [0.29, 0.717) is 6.61 Å². The van der Waals surface area contributed by atoms with Gasteiger partial charge in [-0.1, -0.05) is 6.07 Å². The zero-order valence-corrected chi connectivity index (χ0v) is 14.6. The maximum absolute atomic E-state index is 13.4. The standard InChI is InChI=1S/C19H25FN4O/c1-23-9-7-21-18(23)12-24-8-3-6-19(14-24)11-17(13-25-19)22-16-5-2-4-15(20)10-16/h2,4-5,7,9-10,17,22H,3,6,8,11-14H2,1H3/t17-,19+/m1/s1. The van der Waals surface area contributed by atoms with E-state index in [9.17, 15) is 4.39 Å². The number of ether oxygens (including phenoxy) is 1. The fourth-order valence-electron chi connectivity index (χ4n) is 4.11. The fraction of sp³-hybridized carbons (Fsp3) is 0.526. The van der Waals surface area contributed by atoms with Gasteiger partial charge in [-0.2, -0.15) is 0 Å². The molecule has 1 aromatic heterocycles. The normalized spacial score (nSPS) is 27.0. The Bertz CT molecular complexity index is 734. The average Bonchev–Trinajstić information content (AvgIpc) is 3.15. The van der Waals surface area contributed by atoms with Crippen molar-refractivity contribution in [1.29, 1.82) is 0 Å². The van der Waals surface area contributed by atoms with E-state index < -0.39 is 0 Å². The topological polar surface area (TPSA) is 42.3 Å². The van der Waals surface area contributed by atoms with E-state index in [2.05, 4.69) is 19.8 Å². The Kier molecular flexibility index (Phi) is 4.48. The van der Waals surface area contributed by atoms with E-state index in [1.165, 1.54) is 6.07 Å². The summed E-state index contributed by atoms with van der Waals surface area (Å²) in [5.74, 6) is 0.877. The molecule has 1 aromatic carbocycles. The van der Waals surface area contributed by atoms with Gasteiger partial charge in [0.2, 0.25) is 0 Å². The molecule has 1 N–H and O–H groups in total. The molecule has 0 radical (unpaired) electrons. The molecule has 6 heteroatoms. The van der Waals surface area contributed by atoms with Gasteiger partial charge >= 0.3 is 0 Å². The number of aryl methyl sites for hydroxylation is 1. The van der Waals surface area contributed by atoms with E-state index in [4.69, 9.17) is 4.74 Å². The van der Waals surface area contributed by atoms with Gasteiger partial charge in [0.1, 0.15) is 11.6 Å². The lowest BCUT2D eigenvalue weighted by molar-refractivity contribution is -0.0539. The average molecular weight is 344 g/mol. The largest absolute Gasteiger partial charge is 0.380 e. The minimum Gasteiger partial charge on any atom is -0.380 e. The summed E-state index contributed by atoms with van der Waals surface area (Å²) in [5.41, 5.74) is 0.736. The first-order chi connectivity index (χ1) is 12.1. The van der Waals surface area contributed by atoms with E-state index in [1.807, 2.05) is 25.5 Å². The van der Waals surface area contributed by atoms with Crippen LogP contribution in [0.1, 0.15) is 25.1 Å². The third-order valence-corrected chi connectivity index (χ3v) is 5.31. The highest BCUT2D eigenvalue weighted by Gasteiger charge is 2.43. The molecule has 3 heterocycles. The lowest BCUT2D eigenvalue weighted by Gasteiger charge is -2.39. The Balaban J connectivity index is 1.38. The number of halogens is 1. The van der Waals surface area contributed by atoms with Gasteiger partial charge in [-0.3, -0.25) is 4.90 Å². The lowest BCUT2D eigenvalue weighted by Crippen LogP contribution is -2.48. The predicted molar refractivity (Wildman–Crippen MR) is 94.8 cm³/mol. The fourth-order valence-corrected chi connectivity index (χ4v) is 4.11. The number of benzene rings is 1. The predicted octanol–water partition coefficient (Wildman–Crippen LogP) is 2.79. The minimum absolute atomic E-state index is 0.0889. The van der Waals surface area contributed by atoms with Crippen molar-refractivity contribution in [1.82, 2.24) is 14.5 Å². The third-order valence-electron chi connectivity index (χ3n) is 5.31. The first-order valence-electron chi connectivity index (χ1n) is 8.97. The van der Waals surface area contributed by atoms with Gasteiger partial charge in [-0.15, -0.1) is 0 Å². The van der Waals surface area contributed by atoms with Gasteiger partial charge in [0.05, 0.1) is 24.8 Å². The number of hydrogen-bond acceptors (Lipinski definition) is 4. The molecule has 2 atom stereocenters. The lowest BCUT2D eigenvalue weighted by atomic mass is 9.88. The summed E-state index contributed by atoms with van der Waals surface area (Å²) in [4.78, 5) is 6.88. The van der Waals surface area contributed by atoms with E-state index in [1.54, 1.807) is 12.1 Å². The Morgan fingerprint density at radius 2 is 2.36 bits per heavy atom. The maximum atomic E-state index is 13.4. The number of hydrogen-bond donors (Lipinski definition) is 1. The molecule has 0 aliphatic carbocycles. The number of aromatic nitrogens is 2. The van der Waals surface area contributed by atoms with Crippen LogP contribution in [-0.4, -0.2) is 45.8 Å². The summed E-state index contributed by atoms with van der Waals surface area (Å²) >= 11 is 0. The zero-order chi connectivity index (χ0) is 17.3. The summed E-state index contributed by atoms with van der Waals surface area (Å²) in [6, 6.07) is 6.88. The summed E-state index contributed by atoms with van der Waals surface area (Å²) in [5, 5.41) is 3.42. The van der Waals surface area contributed by atoms with Crippen LogP contribution in [0.15, 0.2) is 36.7 Å². The van der Waals surface area contributed by atoms with Gasteiger partial charge < -0.3 is 14.6 Å². The molecule has 2 saturated heterocycles. The van der Waals surface area contributed by atoms with Crippen molar-refractivity contribution in [3.63, 3.8) is 0 Å².